The normalized spacial score (nSPS) is 12.8. The monoisotopic (exact) mass is 615 g/mol. The number of hydrogen-bond acceptors (Lipinski definition) is 3. The van der Waals surface area contributed by atoms with E-state index in [1.165, 1.54) is 96.3 Å². The molecule has 0 aromatic carbocycles. The highest BCUT2D eigenvalue weighted by molar-refractivity contribution is 5.69. The molecular weight excluding hydrogens is 544 g/mol. The van der Waals surface area contributed by atoms with Gasteiger partial charge in [-0.15, -0.1) is 0 Å². The van der Waals surface area contributed by atoms with Gasteiger partial charge in [-0.25, -0.2) is 0 Å². The van der Waals surface area contributed by atoms with Crippen LogP contribution in [0.1, 0.15) is 187 Å². The van der Waals surface area contributed by atoms with Crippen LogP contribution in [-0.2, 0) is 14.3 Å². The predicted octanol–water partition coefficient (Wildman–Crippen LogP) is 12.8. The number of esters is 1. The molecule has 0 fully saturated rings. The van der Waals surface area contributed by atoms with Crippen molar-refractivity contribution < 1.29 is 19.4 Å². The molecule has 1 unspecified atom stereocenters. The number of carbonyl (C=O) groups is 2. The van der Waals surface area contributed by atoms with Crippen molar-refractivity contribution in [3.05, 3.63) is 48.6 Å². The third kappa shape index (κ3) is 34.4. The summed E-state index contributed by atoms with van der Waals surface area (Å²) in [5.74, 6) is -0.862. The summed E-state index contributed by atoms with van der Waals surface area (Å²) in [6.45, 7) is 4.51. The molecule has 0 amide bonds. The topological polar surface area (TPSA) is 63.6 Å². The number of carbonyl (C=O) groups excluding carboxylic acids is 1. The van der Waals surface area contributed by atoms with E-state index >= 15 is 0 Å². The first-order valence-corrected chi connectivity index (χ1v) is 18.6. The summed E-state index contributed by atoms with van der Waals surface area (Å²) in [5.41, 5.74) is 0. The predicted molar refractivity (Wildman–Crippen MR) is 190 cm³/mol. The zero-order chi connectivity index (χ0) is 32.2. The Bertz CT molecular complexity index is 748. The van der Waals surface area contributed by atoms with Crippen molar-refractivity contribution in [2.24, 2.45) is 0 Å². The van der Waals surface area contributed by atoms with Crippen molar-refractivity contribution in [2.45, 2.75) is 193 Å². The number of rotatable bonds is 33. The summed E-state index contributed by atoms with van der Waals surface area (Å²) in [6.07, 6.45) is 46.9. The molecule has 0 aliphatic heterocycles. The highest BCUT2D eigenvalue weighted by atomic mass is 16.5. The van der Waals surface area contributed by atoms with Gasteiger partial charge in [0.05, 0.1) is 0 Å². The van der Waals surface area contributed by atoms with E-state index in [9.17, 15) is 9.59 Å². The molecule has 0 aromatic rings. The molecule has 0 spiro atoms. The lowest BCUT2D eigenvalue weighted by atomic mass is 10.0. The van der Waals surface area contributed by atoms with Crippen LogP contribution in [0.5, 0.6) is 0 Å². The van der Waals surface area contributed by atoms with Crippen LogP contribution in [0.25, 0.3) is 0 Å². The summed E-state index contributed by atoms with van der Waals surface area (Å²) in [7, 11) is 0. The van der Waals surface area contributed by atoms with Crippen LogP contribution in [0.4, 0.5) is 0 Å². The van der Waals surface area contributed by atoms with Gasteiger partial charge in [-0.05, 0) is 77.0 Å². The lowest BCUT2D eigenvalue weighted by Gasteiger charge is -2.18. The number of carboxylic acid groups (broad SMARTS) is 1. The second-order valence-electron chi connectivity index (χ2n) is 12.4. The number of ether oxygens (including phenoxy) is 1. The van der Waals surface area contributed by atoms with E-state index in [1.54, 1.807) is 0 Å². The van der Waals surface area contributed by atoms with Crippen LogP contribution in [0.15, 0.2) is 48.6 Å². The van der Waals surface area contributed by atoms with Crippen molar-refractivity contribution in [3.8, 4) is 0 Å². The number of hydrogen-bond donors (Lipinski definition) is 1. The Balaban J connectivity index is 4.03. The van der Waals surface area contributed by atoms with Crippen molar-refractivity contribution >= 4 is 11.9 Å². The zero-order valence-electron chi connectivity index (χ0n) is 29.0. The van der Waals surface area contributed by atoms with Gasteiger partial charge in [-0.2, -0.15) is 0 Å². The molecule has 4 nitrogen and oxygen atoms in total. The third-order valence-electron chi connectivity index (χ3n) is 8.05. The van der Waals surface area contributed by atoms with Gasteiger partial charge in [-0.3, -0.25) is 9.59 Å². The molecule has 0 aliphatic carbocycles. The number of carboxylic acids is 1. The maximum absolute atomic E-state index is 12.5. The maximum atomic E-state index is 12.5. The molecule has 44 heavy (non-hydrogen) atoms. The average molecular weight is 615 g/mol. The van der Waals surface area contributed by atoms with Gasteiger partial charge in [-0.1, -0.05) is 146 Å². The van der Waals surface area contributed by atoms with E-state index in [4.69, 9.17) is 9.84 Å². The van der Waals surface area contributed by atoms with Gasteiger partial charge in [0.2, 0.25) is 0 Å². The van der Waals surface area contributed by atoms with Crippen LogP contribution < -0.4 is 0 Å². The first kappa shape index (κ1) is 41.9. The molecule has 1 N–H and O–H groups in total. The molecule has 0 radical (unpaired) electrons. The van der Waals surface area contributed by atoms with Crippen LogP contribution in [0, 0.1) is 0 Å². The van der Waals surface area contributed by atoms with E-state index in [2.05, 4.69) is 62.5 Å². The Morgan fingerprint density at radius 2 is 0.909 bits per heavy atom. The minimum Gasteiger partial charge on any atom is -0.481 e. The molecule has 0 saturated carbocycles. The van der Waals surface area contributed by atoms with Crippen LogP contribution in [0.2, 0.25) is 0 Å². The molecule has 0 saturated heterocycles. The second-order valence-corrected chi connectivity index (χ2v) is 12.4. The number of allylic oxidation sites excluding steroid dienone is 8. The minimum absolute atomic E-state index is 0.0732. The Hall–Kier alpha value is -2.10. The lowest BCUT2D eigenvalue weighted by Crippen LogP contribution is -2.18. The standard InChI is InChI=1S/C40H70O4/c1-3-5-7-9-11-13-15-17-18-19-20-21-23-25-27-29-31-37-40(43)44-38(35-32-33-36-39(41)42)34-30-28-26-24-22-16-14-12-10-8-6-4-2/h11,13,17-18,20-21,25,27,38H,3-10,12,14-16,19,22-24,26,28-37H2,1-2H3,(H,41,42)/b13-11-,18-17-,21-20-,27-25-. The van der Waals surface area contributed by atoms with Crippen molar-refractivity contribution in [1.82, 2.24) is 0 Å². The summed E-state index contributed by atoms with van der Waals surface area (Å²) < 4.78 is 5.85. The molecule has 0 rings (SSSR count). The van der Waals surface area contributed by atoms with Crippen molar-refractivity contribution in [2.75, 3.05) is 0 Å². The fraction of sp³-hybridized carbons (Fsp3) is 0.750. The average Bonchev–Trinajstić information content (AvgIpc) is 3.01. The zero-order valence-corrected chi connectivity index (χ0v) is 29.0. The third-order valence-corrected chi connectivity index (χ3v) is 8.05. The first-order valence-electron chi connectivity index (χ1n) is 18.6. The fourth-order valence-electron chi connectivity index (χ4n) is 5.29. The summed E-state index contributed by atoms with van der Waals surface area (Å²) in [4.78, 5) is 23.4. The van der Waals surface area contributed by atoms with Gasteiger partial charge in [0, 0.05) is 12.8 Å². The Labute approximate surface area is 272 Å². The molecular formula is C40H70O4. The smallest absolute Gasteiger partial charge is 0.306 e. The van der Waals surface area contributed by atoms with Crippen molar-refractivity contribution in [3.63, 3.8) is 0 Å². The van der Waals surface area contributed by atoms with Gasteiger partial charge >= 0.3 is 11.9 Å². The number of unbranched alkanes of at least 4 members (excludes halogenated alkanes) is 16. The van der Waals surface area contributed by atoms with Gasteiger partial charge in [0.15, 0.2) is 0 Å². The molecule has 1 atom stereocenters. The number of aliphatic carboxylic acids is 1. The molecule has 0 aromatic heterocycles. The highest BCUT2D eigenvalue weighted by Crippen LogP contribution is 2.18. The fourth-order valence-corrected chi connectivity index (χ4v) is 5.29. The summed E-state index contributed by atoms with van der Waals surface area (Å²) >= 11 is 0. The largest absolute Gasteiger partial charge is 0.481 e. The first-order chi connectivity index (χ1) is 21.6. The molecule has 0 aliphatic rings. The molecule has 0 heterocycles. The Morgan fingerprint density at radius 1 is 0.500 bits per heavy atom. The second kappa shape index (κ2) is 35.4. The summed E-state index contributed by atoms with van der Waals surface area (Å²) in [5, 5.41) is 8.93. The quantitative estimate of drug-likeness (QED) is 0.0454. The van der Waals surface area contributed by atoms with Gasteiger partial charge in [0.25, 0.3) is 0 Å². The van der Waals surface area contributed by atoms with Crippen LogP contribution in [0.3, 0.4) is 0 Å². The Kier molecular flexibility index (Phi) is 33.7. The SMILES string of the molecule is CCCCC/C=C\C/C=C\C/C=C\C/C=C\CCCC(=O)OC(CCCCCCCCCCCCCC)CCCCC(=O)O. The Morgan fingerprint density at radius 3 is 1.41 bits per heavy atom. The van der Waals surface area contributed by atoms with Crippen LogP contribution >= 0.6 is 0 Å². The van der Waals surface area contributed by atoms with E-state index in [-0.39, 0.29) is 18.5 Å². The molecule has 4 heteroatoms. The maximum Gasteiger partial charge on any atom is 0.306 e. The van der Waals surface area contributed by atoms with Crippen molar-refractivity contribution in [1.29, 1.82) is 0 Å². The minimum atomic E-state index is -0.753. The van der Waals surface area contributed by atoms with E-state index in [0.29, 0.717) is 12.8 Å². The molecule has 254 valence electrons. The van der Waals surface area contributed by atoms with Gasteiger partial charge < -0.3 is 9.84 Å². The van der Waals surface area contributed by atoms with E-state index in [0.717, 1.165) is 57.8 Å². The summed E-state index contributed by atoms with van der Waals surface area (Å²) in [6, 6.07) is 0. The highest BCUT2D eigenvalue weighted by Gasteiger charge is 2.14. The van der Waals surface area contributed by atoms with E-state index in [1.807, 2.05) is 0 Å². The van der Waals surface area contributed by atoms with Gasteiger partial charge in [0.1, 0.15) is 6.10 Å². The molecule has 0 bridgehead atoms. The van der Waals surface area contributed by atoms with Crippen LogP contribution in [-0.4, -0.2) is 23.1 Å². The van der Waals surface area contributed by atoms with E-state index < -0.39 is 5.97 Å². The lowest BCUT2D eigenvalue weighted by molar-refractivity contribution is -0.150.